The van der Waals surface area contributed by atoms with E-state index in [0.717, 1.165) is 40.4 Å². The maximum atomic E-state index is 5.68. The Morgan fingerprint density at radius 2 is 1.91 bits per heavy atom. The maximum absolute atomic E-state index is 5.68. The van der Waals surface area contributed by atoms with Gasteiger partial charge in [0.2, 0.25) is 0 Å². The van der Waals surface area contributed by atoms with Gasteiger partial charge >= 0.3 is 0 Å². The number of fused-ring (bicyclic) bond motifs is 1. The number of hydrogen-bond donors (Lipinski definition) is 1. The summed E-state index contributed by atoms with van der Waals surface area (Å²) in [5, 5.41) is 0. The van der Waals surface area contributed by atoms with Crippen molar-refractivity contribution in [2.75, 3.05) is 13.7 Å². The minimum absolute atomic E-state index is 0.527. The second-order valence-corrected chi connectivity index (χ2v) is 5.33. The van der Waals surface area contributed by atoms with Crippen LogP contribution in [0.1, 0.15) is 23.7 Å². The van der Waals surface area contributed by atoms with Gasteiger partial charge in [0.25, 0.3) is 0 Å². The van der Waals surface area contributed by atoms with Crippen LogP contribution >= 0.6 is 0 Å². The van der Waals surface area contributed by atoms with E-state index in [9.17, 15) is 0 Å². The molecule has 5 nitrogen and oxygen atoms in total. The lowest BCUT2D eigenvalue weighted by Gasteiger charge is -2.10. The summed E-state index contributed by atoms with van der Waals surface area (Å²) < 4.78 is 13.0. The zero-order chi connectivity index (χ0) is 16.2. The van der Waals surface area contributed by atoms with E-state index in [1.165, 1.54) is 0 Å². The van der Waals surface area contributed by atoms with E-state index in [2.05, 4.69) is 4.98 Å². The Balaban J connectivity index is 1.86. The molecule has 2 heterocycles. The predicted octanol–water partition coefficient (Wildman–Crippen LogP) is 2.79. The van der Waals surface area contributed by atoms with E-state index in [1.54, 1.807) is 7.11 Å². The first-order valence-corrected chi connectivity index (χ1v) is 7.69. The molecule has 0 spiro atoms. The summed E-state index contributed by atoms with van der Waals surface area (Å²) in [6.45, 7) is 3.10. The number of ether oxygens (including phenoxy) is 2. The van der Waals surface area contributed by atoms with Crippen LogP contribution in [0.15, 0.2) is 42.7 Å². The van der Waals surface area contributed by atoms with Crippen molar-refractivity contribution < 1.29 is 9.47 Å². The predicted molar refractivity (Wildman–Crippen MR) is 90.1 cm³/mol. The number of nitrogens with zero attached hydrogens (tertiary/aromatic N) is 2. The first-order chi connectivity index (χ1) is 11.2. The minimum atomic E-state index is 0.527. The van der Waals surface area contributed by atoms with Crippen molar-refractivity contribution in [2.24, 2.45) is 5.73 Å². The Morgan fingerprint density at radius 1 is 1.09 bits per heavy atom. The summed E-state index contributed by atoms with van der Waals surface area (Å²) in [7, 11) is 1.65. The SMILES string of the molecule is CCOc1ccc(Cc2cn3cc(CN)ccc3n2)cc1OC. The molecule has 23 heavy (non-hydrogen) atoms. The molecule has 0 unspecified atom stereocenters. The van der Waals surface area contributed by atoms with Crippen molar-refractivity contribution >= 4 is 5.65 Å². The Morgan fingerprint density at radius 3 is 2.65 bits per heavy atom. The van der Waals surface area contributed by atoms with Crippen molar-refractivity contribution in [3.63, 3.8) is 0 Å². The van der Waals surface area contributed by atoms with Gasteiger partial charge in [0.1, 0.15) is 5.65 Å². The lowest BCUT2D eigenvalue weighted by Crippen LogP contribution is -1.97. The number of aromatic nitrogens is 2. The summed E-state index contributed by atoms with van der Waals surface area (Å²) in [6.07, 6.45) is 4.80. The molecule has 0 fully saturated rings. The lowest BCUT2D eigenvalue weighted by molar-refractivity contribution is 0.310. The van der Waals surface area contributed by atoms with Crippen molar-refractivity contribution in [1.82, 2.24) is 9.38 Å². The summed E-state index contributed by atoms with van der Waals surface area (Å²) >= 11 is 0. The topological polar surface area (TPSA) is 61.8 Å². The molecule has 3 aromatic rings. The summed E-state index contributed by atoms with van der Waals surface area (Å²) in [5.41, 5.74) is 9.83. The molecule has 0 saturated carbocycles. The third-order valence-corrected chi connectivity index (χ3v) is 3.71. The van der Waals surface area contributed by atoms with Crippen LogP contribution < -0.4 is 15.2 Å². The minimum Gasteiger partial charge on any atom is -0.493 e. The highest BCUT2D eigenvalue weighted by atomic mass is 16.5. The van der Waals surface area contributed by atoms with Crippen molar-refractivity contribution in [2.45, 2.75) is 19.9 Å². The smallest absolute Gasteiger partial charge is 0.161 e. The molecule has 120 valence electrons. The number of methoxy groups -OCH3 is 1. The molecule has 5 heteroatoms. The van der Waals surface area contributed by atoms with Crippen LogP contribution in [0.4, 0.5) is 0 Å². The van der Waals surface area contributed by atoms with Gasteiger partial charge in [0.15, 0.2) is 11.5 Å². The molecule has 0 aliphatic rings. The normalized spacial score (nSPS) is 10.9. The van der Waals surface area contributed by atoms with Crippen LogP contribution in [-0.2, 0) is 13.0 Å². The van der Waals surface area contributed by atoms with Crippen LogP contribution in [0, 0.1) is 0 Å². The van der Waals surface area contributed by atoms with Crippen LogP contribution in [0.25, 0.3) is 5.65 Å². The van der Waals surface area contributed by atoms with Gasteiger partial charge in [0, 0.05) is 25.4 Å². The van der Waals surface area contributed by atoms with Gasteiger partial charge in [-0.05, 0) is 36.2 Å². The average Bonchev–Trinajstić information content (AvgIpc) is 2.97. The molecule has 1 aromatic carbocycles. The van der Waals surface area contributed by atoms with Gasteiger partial charge < -0.3 is 19.6 Å². The van der Waals surface area contributed by atoms with Crippen molar-refractivity contribution in [1.29, 1.82) is 0 Å². The molecule has 3 rings (SSSR count). The average molecular weight is 311 g/mol. The van der Waals surface area contributed by atoms with Gasteiger partial charge in [-0.15, -0.1) is 0 Å². The molecule has 0 saturated heterocycles. The summed E-state index contributed by atoms with van der Waals surface area (Å²) in [4.78, 5) is 4.65. The maximum Gasteiger partial charge on any atom is 0.161 e. The Labute approximate surface area is 135 Å². The van der Waals surface area contributed by atoms with E-state index < -0.39 is 0 Å². The molecular weight excluding hydrogens is 290 g/mol. The van der Waals surface area contributed by atoms with Gasteiger partial charge in [0.05, 0.1) is 19.4 Å². The fourth-order valence-corrected chi connectivity index (χ4v) is 2.60. The number of hydrogen-bond acceptors (Lipinski definition) is 4. The van der Waals surface area contributed by atoms with E-state index in [-0.39, 0.29) is 0 Å². The molecule has 0 atom stereocenters. The first-order valence-electron chi connectivity index (χ1n) is 7.69. The standard InChI is InChI=1S/C18H21N3O2/c1-3-23-16-6-4-13(9-17(16)22-2)8-15-12-21-11-14(10-19)5-7-18(21)20-15/h4-7,9,11-12H,3,8,10,19H2,1-2H3. The van der Waals surface area contributed by atoms with Gasteiger partial charge in [-0.2, -0.15) is 0 Å². The third-order valence-electron chi connectivity index (χ3n) is 3.71. The van der Waals surface area contributed by atoms with Gasteiger partial charge in [-0.1, -0.05) is 12.1 Å². The quantitative estimate of drug-likeness (QED) is 0.760. The second-order valence-electron chi connectivity index (χ2n) is 5.33. The highest BCUT2D eigenvalue weighted by Crippen LogP contribution is 2.28. The molecule has 0 amide bonds. The van der Waals surface area contributed by atoms with E-state index in [0.29, 0.717) is 13.2 Å². The largest absolute Gasteiger partial charge is 0.493 e. The molecular formula is C18H21N3O2. The second kappa shape index (κ2) is 6.71. The third kappa shape index (κ3) is 3.29. The molecule has 0 radical (unpaired) electrons. The molecule has 0 bridgehead atoms. The zero-order valence-electron chi connectivity index (χ0n) is 13.5. The summed E-state index contributed by atoms with van der Waals surface area (Å²) in [5.74, 6) is 1.51. The Kier molecular flexibility index (Phi) is 4.48. The number of benzene rings is 1. The van der Waals surface area contributed by atoms with E-state index >= 15 is 0 Å². The Bertz CT molecular complexity index is 811. The monoisotopic (exact) mass is 311 g/mol. The number of rotatable bonds is 6. The molecule has 0 aliphatic carbocycles. The number of imidazole rings is 1. The highest BCUT2D eigenvalue weighted by molar-refractivity contribution is 5.45. The number of pyridine rings is 1. The fourth-order valence-electron chi connectivity index (χ4n) is 2.60. The molecule has 2 aromatic heterocycles. The molecule has 2 N–H and O–H groups in total. The van der Waals surface area contributed by atoms with E-state index in [4.69, 9.17) is 15.2 Å². The zero-order valence-corrected chi connectivity index (χ0v) is 13.5. The van der Waals surface area contributed by atoms with Crippen molar-refractivity contribution in [3.8, 4) is 11.5 Å². The Hall–Kier alpha value is -2.53. The first kappa shape index (κ1) is 15.4. The van der Waals surface area contributed by atoms with Crippen LogP contribution in [0.2, 0.25) is 0 Å². The number of nitrogens with two attached hydrogens (primary N) is 1. The van der Waals surface area contributed by atoms with Crippen molar-refractivity contribution in [3.05, 3.63) is 59.5 Å². The highest BCUT2D eigenvalue weighted by Gasteiger charge is 2.08. The fraction of sp³-hybridized carbons (Fsp3) is 0.278. The van der Waals surface area contributed by atoms with Crippen LogP contribution in [0.3, 0.4) is 0 Å². The van der Waals surface area contributed by atoms with Gasteiger partial charge in [-0.25, -0.2) is 4.98 Å². The van der Waals surface area contributed by atoms with Crippen LogP contribution in [-0.4, -0.2) is 23.1 Å². The lowest BCUT2D eigenvalue weighted by atomic mass is 10.1. The van der Waals surface area contributed by atoms with Crippen LogP contribution in [0.5, 0.6) is 11.5 Å². The molecule has 0 aliphatic heterocycles. The van der Waals surface area contributed by atoms with Gasteiger partial charge in [-0.3, -0.25) is 0 Å². The van der Waals surface area contributed by atoms with E-state index in [1.807, 2.05) is 54.0 Å². The summed E-state index contributed by atoms with van der Waals surface area (Å²) in [6, 6.07) is 9.99.